The molecule has 0 radical (unpaired) electrons. The Kier molecular flexibility index (Phi) is 3.20. The van der Waals surface area contributed by atoms with Crippen molar-refractivity contribution in [1.29, 1.82) is 0 Å². The molecule has 0 saturated carbocycles. The van der Waals surface area contributed by atoms with E-state index in [-0.39, 0.29) is 24.2 Å². The van der Waals surface area contributed by atoms with Crippen molar-refractivity contribution in [3.05, 3.63) is 53.0 Å². The lowest BCUT2D eigenvalue weighted by Crippen LogP contribution is -2.46. The minimum atomic E-state index is -0.258. The van der Waals surface area contributed by atoms with Crippen LogP contribution >= 0.6 is 0 Å². The van der Waals surface area contributed by atoms with Gasteiger partial charge < -0.3 is 19.5 Å². The molecular weight excluding hydrogens is 294 g/mol. The Morgan fingerprint density at radius 2 is 2.30 bits per heavy atom. The number of benzene rings is 1. The predicted molar refractivity (Wildman–Crippen MR) is 84.0 cm³/mol. The van der Waals surface area contributed by atoms with Gasteiger partial charge in [0, 0.05) is 22.7 Å². The van der Waals surface area contributed by atoms with E-state index >= 15 is 0 Å². The Morgan fingerprint density at radius 3 is 3.04 bits per heavy atom. The molecule has 23 heavy (non-hydrogen) atoms. The lowest BCUT2D eigenvalue weighted by Gasteiger charge is -2.34. The average Bonchev–Trinajstić information content (AvgIpc) is 3.16. The normalized spacial score (nSPS) is 17.5. The number of nitrogens with zero attached hydrogens (tertiary/aromatic N) is 2. The summed E-state index contributed by atoms with van der Waals surface area (Å²) in [6, 6.07) is 9.44. The molecule has 118 valence electrons. The van der Waals surface area contributed by atoms with Crippen LogP contribution in [0.4, 0.5) is 0 Å². The molecule has 1 aliphatic rings. The monoisotopic (exact) mass is 311 g/mol. The summed E-state index contributed by atoms with van der Waals surface area (Å²) in [6.07, 6.45) is 0.623. The number of amides is 1. The van der Waals surface area contributed by atoms with Crippen molar-refractivity contribution in [3.63, 3.8) is 0 Å². The van der Waals surface area contributed by atoms with Gasteiger partial charge >= 0.3 is 0 Å². The summed E-state index contributed by atoms with van der Waals surface area (Å²) in [5.41, 5.74) is 3.53. The van der Waals surface area contributed by atoms with Crippen LogP contribution in [-0.4, -0.2) is 38.7 Å². The molecule has 0 bridgehead atoms. The molecule has 0 spiro atoms. The quantitative estimate of drug-likeness (QED) is 0.758. The number of aliphatic hydroxyl groups excluding tert-OH is 1. The van der Waals surface area contributed by atoms with Crippen LogP contribution in [0, 0.1) is 6.92 Å². The van der Waals surface area contributed by atoms with E-state index in [2.05, 4.69) is 16.2 Å². The van der Waals surface area contributed by atoms with Crippen molar-refractivity contribution in [2.24, 2.45) is 0 Å². The molecule has 1 amide bonds. The first-order valence-corrected chi connectivity index (χ1v) is 7.61. The minimum absolute atomic E-state index is 0.0818. The predicted octanol–water partition coefficient (Wildman–Crippen LogP) is 2.02. The first-order valence-electron chi connectivity index (χ1n) is 7.61. The highest BCUT2D eigenvalue weighted by Gasteiger charge is 2.33. The molecule has 6 heteroatoms. The van der Waals surface area contributed by atoms with E-state index in [9.17, 15) is 9.90 Å². The van der Waals surface area contributed by atoms with Crippen molar-refractivity contribution in [2.45, 2.75) is 25.9 Å². The van der Waals surface area contributed by atoms with Crippen LogP contribution in [0.5, 0.6) is 0 Å². The Labute approximate surface area is 132 Å². The van der Waals surface area contributed by atoms with Gasteiger partial charge in [-0.25, -0.2) is 0 Å². The van der Waals surface area contributed by atoms with Gasteiger partial charge in [0.15, 0.2) is 5.69 Å². The second-order valence-corrected chi connectivity index (χ2v) is 5.92. The molecule has 1 atom stereocenters. The van der Waals surface area contributed by atoms with Gasteiger partial charge in [0.1, 0.15) is 5.76 Å². The lowest BCUT2D eigenvalue weighted by molar-refractivity contribution is 0.0531. The third-order valence-corrected chi connectivity index (χ3v) is 4.43. The van der Waals surface area contributed by atoms with Crippen molar-refractivity contribution in [3.8, 4) is 0 Å². The fourth-order valence-electron chi connectivity index (χ4n) is 3.28. The Hall–Kier alpha value is -2.60. The maximum Gasteiger partial charge on any atom is 0.276 e. The van der Waals surface area contributed by atoms with Crippen molar-refractivity contribution >= 4 is 16.8 Å². The molecule has 6 nitrogen and oxygen atoms in total. The number of aromatic amines is 1. The van der Waals surface area contributed by atoms with E-state index < -0.39 is 0 Å². The molecule has 3 heterocycles. The van der Waals surface area contributed by atoms with E-state index in [1.165, 1.54) is 5.56 Å². The molecule has 0 aliphatic carbocycles. The van der Waals surface area contributed by atoms with Gasteiger partial charge in [-0.15, -0.1) is 0 Å². The van der Waals surface area contributed by atoms with Crippen LogP contribution in [0.15, 0.2) is 34.9 Å². The van der Waals surface area contributed by atoms with E-state index in [1.54, 1.807) is 17.9 Å². The van der Waals surface area contributed by atoms with Crippen LogP contribution in [0.2, 0.25) is 0 Å². The smallest absolute Gasteiger partial charge is 0.276 e. The molecule has 2 N–H and O–H groups in total. The van der Waals surface area contributed by atoms with Gasteiger partial charge in [0.25, 0.3) is 5.91 Å². The van der Waals surface area contributed by atoms with Crippen molar-refractivity contribution in [1.82, 2.24) is 15.0 Å². The lowest BCUT2D eigenvalue weighted by atomic mass is 9.96. The first-order chi connectivity index (χ1) is 11.2. The summed E-state index contributed by atoms with van der Waals surface area (Å²) in [4.78, 5) is 17.7. The highest BCUT2D eigenvalue weighted by Crippen LogP contribution is 2.30. The molecule has 0 fully saturated rings. The summed E-state index contributed by atoms with van der Waals surface area (Å²) < 4.78 is 5.00. The maximum absolute atomic E-state index is 12.7. The SMILES string of the molecule is Cc1cc(C(=O)N2Cc3[nH]c4ccccc4c3CC2CO)no1. The van der Waals surface area contributed by atoms with E-state index in [0.717, 1.165) is 16.6 Å². The van der Waals surface area contributed by atoms with Gasteiger partial charge in [-0.2, -0.15) is 0 Å². The molecular formula is C17H17N3O3. The number of aryl methyl sites for hydroxylation is 1. The third-order valence-electron chi connectivity index (χ3n) is 4.43. The molecule has 0 saturated heterocycles. The summed E-state index contributed by atoms with van der Waals surface area (Å²) in [5, 5.41) is 14.7. The van der Waals surface area contributed by atoms with Crippen molar-refractivity contribution in [2.75, 3.05) is 6.61 Å². The topological polar surface area (TPSA) is 82.4 Å². The van der Waals surface area contributed by atoms with Crippen LogP contribution < -0.4 is 0 Å². The number of fused-ring (bicyclic) bond motifs is 3. The number of carbonyl (C=O) groups is 1. The average molecular weight is 311 g/mol. The zero-order valence-electron chi connectivity index (χ0n) is 12.7. The molecule has 2 aromatic heterocycles. The van der Waals surface area contributed by atoms with Gasteiger partial charge in [-0.1, -0.05) is 23.4 Å². The van der Waals surface area contributed by atoms with Crippen LogP contribution in [-0.2, 0) is 13.0 Å². The van der Waals surface area contributed by atoms with Gasteiger partial charge in [-0.05, 0) is 25.0 Å². The molecule has 3 aromatic rings. The first kappa shape index (κ1) is 14.0. The number of hydrogen-bond donors (Lipinski definition) is 2. The fraction of sp³-hybridized carbons (Fsp3) is 0.294. The number of carbonyl (C=O) groups excluding carboxylic acids is 1. The zero-order chi connectivity index (χ0) is 16.0. The number of nitrogens with one attached hydrogen (secondary N) is 1. The number of rotatable bonds is 2. The number of H-pyrrole nitrogens is 1. The maximum atomic E-state index is 12.7. The minimum Gasteiger partial charge on any atom is -0.394 e. The van der Waals surface area contributed by atoms with E-state index in [1.807, 2.05) is 18.2 Å². The largest absolute Gasteiger partial charge is 0.394 e. The van der Waals surface area contributed by atoms with E-state index in [4.69, 9.17) is 4.52 Å². The summed E-state index contributed by atoms with van der Waals surface area (Å²) in [5.74, 6) is 0.377. The Morgan fingerprint density at radius 1 is 1.48 bits per heavy atom. The standard InChI is InChI=1S/C17H17N3O3/c1-10-6-15(19-23-10)17(22)20-8-16-13(7-11(20)9-21)12-4-2-3-5-14(12)18-16/h2-6,11,18,21H,7-9H2,1H3. The number of para-hydroxylation sites is 1. The van der Waals surface area contributed by atoms with Crippen molar-refractivity contribution < 1.29 is 14.4 Å². The van der Waals surface area contributed by atoms with Gasteiger partial charge in [-0.3, -0.25) is 4.79 Å². The molecule has 1 aliphatic heterocycles. The number of aromatic nitrogens is 2. The van der Waals surface area contributed by atoms with Crippen LogP contribution in [0.3, 0.4) is 0 Å². The van der Waals surface area contributed by atoms with Crippen LogP contribution in [0.25, 0.3) is 10.9 Å². The molecule has 1 unspecified atom stereocenters. The fourth-order valence-corrected chi connectivity index (χ4v) is 3.28. The summed E-state index contributed by atoms with van der Waals surface area (Å²) in [7, 11) is 0. The summed E-state index contributed by atoms with van der Waals surface area (Å²) in [6.45, 7) is 2.10. The molecule has 1 aromatic carbocycles. The third kappa shape index (κ3) is 2.22. The second-order valence-electron chi connectivity index (χ2n) is 5.92. The van der Waals surface area contributed by atoms with Crippen LogP contribution in [0.1, 0.15) is 27.5 Å². The molecule has 4 rings (SSSR count). The Balaban J connectivity index is 1.73. The number of hydrogen-bond acceptors (Lipinski definition) is 4. The zero-order valence-corrected chi connectivity index (χ0v) is 12.7. The van der Waals surface area contributed by atoms with E-state index in [0.29, 0.717) is 18.7 Å². The summed E-state index contributed by atoms with van der Waals surface area (Å²) >= 11 is 0. The Bertz CT molecular complexity index is 880. The van der Waals surface area contributed by atoms with Gasteiger partial charge in [0.2, 0.25) is 0 Å². The highest BCUT2D eigenvalue weighted by atomic mass is 16.5. The highest BCUT2D eigenvalue weighted by molar-refractivity contribution is 5.93. The second kappa shape index (κ2) is 5.24. The number of aliphatic hydroxyl groups is 1. The van der Waals surface area contributed by atoms with Gasteiger partial charge in [0.05, 0.1) is 19.2 Å².